The molecule has 2 rings (SSSR count). The molecule has 1 aromatic rings. The second-order valence-corrected chi connectivity index (χ2v) is 5.51. The van der Waals surface area contributed by atoms with Crippen LogP contribution in [0.3, 0.4) is 0 Å². The molecule has 1 aliphatic heterocycles. The molecular weight excluding hydrogens is 288 g/mol. The quantitative estimate of drug-likeness (QED) is 0.860. The Morgan fingerprint density at radius 1 is 1.24 bits per heavy atom. The van der Waals surface area contributed by atoms with Gasteiger partial charge in [0.1, 0.15) is 0 Å². The maximum atomic E-state index is 12.5. The van der Waals surface area contributed by atoms with Crippen LogP contribution >= 0.6 is 12.2 Å². The summed E-state index contributed by atoms with van der Waals surface area (Å²) in [7, 11) is 3.12. The summed E-state index contributed by atoms with van der Waals surface area (Å²) in [6, 6.07) is 5.21. The molecule has 1 heterocycles. The van der Waals surface area contributed by atoms with Gasteiger partial charge in [-0.15, -0.1) is 0 Å². The van der Waals surface area contributed by atoms with Gasteiger partial charge in [0, 0.05) is 24.6 Å². The number of rotatable bonds is 4. The first-order valence-electron chi connectivity index (χ1n) is 6.87. The van der Waals surface area contributed by atoms with E-state index in [0.717, 1.165) is 12.8 Å². The monoisotopic (exact) mass is 308 g/mol. The highest BCUT2D eigenvalue weighted by atomic mass is 32.1. The van der Waals surface area contributed by atoms with Gasteiger partial charge in [0.05, 0.1) is 19.2 Å². The van der Waals surface area contributed by atoms with Crippen LogP contribution in [0.5, 0.6) is 11.5 Å². The molecule has 1 amide bonds. The fourth-order valence-corrected chi connectivity index (χ4v) is 2.75. The molecule has 0 spiro atoms. The van der Waals surface area contributed by atoms with Crippen molar-refractivity contribution in [2.45, 2.75) is 12.8 Å². The van der Waals surface area contributed by atoms with Gasteiger partial charge in [-0.3, -0.25) is 4.79 Å². The van der Waals surface area contributed by atoms with Gasteiger partial charge in [-0.25, -0.2) is 0 Å². The number of nitrogens with zero attached hydrogens (tertiary/aromatic N) is 1. The van der Waals surface area contributed by atoms with Gasteiger partial charge in [-0.05, 0) is 31.0 Å². The number of amides is 1. The Kier molecular flexibility index (Phi) is 5.01. The molecule has 21 heavy (non-hydrogen) atoms. The van der Waals surface area contributed by atoms with Gasteiger partial charge in [0.25, 0.3) is 5.91 Å². The maximum absolute atomic E-state index is 12.5. The first kappa shape index (κ1) is 15.6. The van der Waals surface area contributed by atoms with E-state index < -0.39 is 0 Å². The largest absolute Gasteiger partial charge is 0.493 e. The summed E-state index contributed by atoms with van der Waals surface area (Å²) in [5, 5.41) is 0. The number of hydrogen-bond donors (Lipinski definition) is 1. The van der Waals surface area contributed by atoms with Crippen LogP contribution in [0.1, 0.15) is 23.2 Å². The van der Waals surface area contributed by atoms with Crippen LogP contribution in [0, 0.1) is 5.92 Å². The molecule has 0 radical (unpaired) electrons. The molecule has 1 saturated heterocycles. The number of carbonyl (C=O) groups excluding carboxylic acids is 1. The third-order valence-corrected chi connectivity index (χ3v) is 4.15. The van der Waals surface area contributed by atoms with Crippen molar-refractivity contribution in [3.05, 3.63) is 23.8 Å². The molecular formula is C15H20N2O3S. The molecule has 6 heteroatoms. The Balaban J connectivity index is 2.09. The van der Waals surface area contributed by atoms with Crippen molar-refractivity contribution >= 4 is 23.1 Å². The first-order chi connectivity index (χ1) is 10.1. The lowest BCUT2D eigenvalue weighted by Crippen LogP contribution is -2.41. The number of benzene rings is 1. The average Bonchev–Trinajstić information content (AvgIpc) is 2.53. The SMILES string of the molecule is COc1ccc(C(=O)N2CCC(C(N)=S)CC2)cc1OC. The highest BCUT2D eigenvalue weighted by molar-refractivity contribution is 7.80. The molecule has 0 saturated carbocycles. The predicted octanol–water partition coefficient (Wildman–Crippen LogP) is 1.84. The Hall–Kier alpha value is -1.82. The van der Waals surface area contributed by atoms with Crippen molar-refractivity contribution in [3.8, 4) is 11.5 Å². The second kappa shape index (κ2) is 6.76. The molecule has 0 bridgehead atoms. The van der Waals surface area contributed by atoms with Gasteiger partial charge in [-0.2, -0.15) is 0 Å². The Labute approximate surface area is 130 Å². The number of piperidine rings is 1. The van der Waals surface area contributed by atoms with E-state index in [2.05, 4.69) is 0 Å². The fraction of sp³-hybridized carbons (Fsp3) is 0.467. The number of carbonyl (C=O) groups is 1. The first-order valence-corrected chi connectivity index (χ1v) is 7.28. The van der Waals surface area contributed by atoms with Crippen LogP contribution in [0.2, 0.25) is 0 Å². The van der Waals surface area contributed by atoms with Crippen molar-refractivity contribution in [2.24, 2.45) is 11.7 Å². The highest BCUT2D eigenvalue weighted by Crippen LogP contribution is 2.28. The lowest BCUT2D eigenvalue weighted by atomic mass is 9.96. The summed E-state index contributed by atoms with van der Waals surface area (Å²) < 4.78 is 10.4. The number of thiocarbonyl (C=S) groups is 1. The van der Waals surface area contributed by atoms with Crippen molar-refractivity contribution in [3.63, 3.8) is 0 Å². The molecule has 5 nitrogen and oxygen atoms in total. The predicted molar refractivity (Wildman–Crippen MR) is 85.0 cm³/mol. The van der Waals surface area contributed by atoms with Crippen molar-refractivity contribution in [1.29, 1.82) is 0 Å². The average molecular weight is 308 g/mol. The number of nitrogens with two attached hydrogens (primary N) is 1. The van der Waals surface area contributed by atoms with Gasteiger partial charge in [0.15, 0.2) is 11.5 Å². The third kappa shape index (κ3) is 3.44. The molecule has 0 aliphatic carbocycles. The van der Waals surface area contributed by atoms with Gasteiger partial charge >= 0.3 is 0 Å². The number of likely N-dealkylation sites (tertiary alicyclic amines) is 1. The summed E-state index contributed by atoms with van der Waals surface area (Å²) in [6.07, 6.45) is 1.66. The molecule has 0 unspecified atom stereocenters. The smallest absolute Gasteiger partial charge is 0.253 e. The Morgan fingerprint density at radius 2 is 1.86 bits per heavy atom. The van der Waals surface area contributed by atoms with Crippen molar-refractivity contribution < 1.29 is 14.3 Å². The lowest BCUT2D eigenvalue weighted by molar-refractivity contribution is 0.0710. The molecule has 0 aromatic heterocycles. The van der Waals surface area contributed by atoms with E-state index in [4.69, 9.17) is 27.4 Å². The van der Waals surface area contributed by atoms with E-state index in [0.29, 0.717) is 35.1 Å². The summed E-state index contributed by atoms with van der Waals surface area (Å²) in [4.78, 5) is 14.9. The number of hydrogen-bond acceptors (Lipinski definition) is 4. The Morgan fingerprint density at radius 3 is 2.38 bits per heavy atom. The van der Waals surface area contributed by atoms with Crippen LogP contribution in [-0.2, 0) is 0 Å². The summed E-state index contributed by atoms with van der Waals surface area (Å²) in [5.74, 6) is 1.41. The molecule has 2 N–H and O–H groups in total. The molecule has 0 atom stereocenters. The van der Waals surface area contributed by atoms with Crippen molar-refractivity contribution in [1.82, 2.24) is 4.90 Å². The second-order valence-electron chi connectivity index (χ2n) is 5.04. The molecule has 1 aliphatic rings. The third-order valence-electron chi connectivity index (χ3n) is 3.82. The zero-order valence-electron chi connectivity index (χ0n) is 12.3. The van der Waals surface area contributed by atoms with Crippen LogP contribution in [0.15, 0.2) is 18.2 Å². The van der Waals surface area contributed by atoms with Crippen LogP contribution < -0.4 is 15.2 Å². The van der Waals surface area contributed by atoms with E-state index in [1.807, 2.05) is 4.90 Å². The highest BCUT2D eigenvalue weighted by Gasteiger charge is 2.25. The van der Waals surface area contributed by atoms with Crippen molar-refractivity contribution in [2.75, 3.05) is 27.3 Å². The maximum Gasteiger partial charge on any atom is 0.253 e. The van der Waals surface area contributed by atoms with E-state index in [1.54, 1.807) is 32.4 Å². The van der Waals surface area contributed by atoms with Crippen LogP contribution in [0.25, 0.3) is 0 Å². The fourth-order valence-electron chi connectivity index (χ4n) is 2.52. The minimum absolute atomic E-state index is 0.00246. The van der Waals surface area contributed by atoms with Crippen LogP contribution in [-0.4, -0.2) is 43.1 Å². The van der Waals surface area contributed by atoms with E-state index in [-0.39, 0.29) is 11.8 Å². The van der Waals surface area contributed by atoms with Gasteiger partial charge < -0.3 is 20.1 Å². The minimum Gasteiger partial charge on any atom is -0.493 e. The minimum atomic E-state index is -0.00246. The lowest BCUT2D eigenvalue weighted by Gasteiger charge is -2.31. The summed E-state index contributed by atoms with van der Waals surface area (Å²) >= 11 is 5.02. The van der Waals surface area contributed by atoms with Gasteiger partial charge in [0.2, 0.25) is 0 Å². The molecule has 1 aromatic carbocycles. The summed E-state index contributed by atoms with van der Waals surface area (Å²) in [5.41, 5.74) is 6.27. The van der Waals surface area contributed by atoms with Gasteiger partial charge in [-0.1, -0.05) is 12.2 Å². The normalized spacial score (nSPS) is 15.6. The van der Waals surface area contributed by atoms with E-state index >= 15 is 0 Å². The number of ether oxygens (including phenoxy) is 2. The zero-order valence-corrected chi connectivity index (χ0v) is 13.1. The summed E-state index contributed by atoms with van der Waals surface area (Å²) in [6.45, 7) is 1.35. The van der Waals surface area contributed by atoms with E-state index in [9.17, 15) is 4.79 Å². The van der Waals surface area contributed by atoms with E-state index in [1.165, 1.54) is 0 Å². The number of methoxy groups -OCH3 is 2. The topological polar surface area (TPSA) is 64.8 Å². The zero-order chi connectivity index (χ0) is 15.4. The molecule has 1 fully saturated rings. The van der Waals surface area contributed by atoms with Crippen LogP contribution in [0.4, 0.5) is 0 Å². The standard InChI is InChI=1S/C15H20N2O3S/c1-19-12-4-3-11(9-13(12)20-2)15(18)17-7-5-10(6-8-17)14(16)21/h3-4,9-10H,5-8H2,1-2H3,(H2,16,21). The Bertz CT molecular complexity index is 540. The molecule has 114 valence electrons.